The van der Waals surface area contributed by atoms with Gasteiger partial charge in [0.15, 0.2) is 0 Å². The number of ether oxygens (including phenoxy) is 1. The van der Waals surface area contributed by atoms with Crippen molar-refractivity contribution in [2.24, 2.45) is 0 Å². The van der Waals surface area contributed by atoms with E-state index in [0.29, 0.717) is 24.6 Å². The van der Waals surface area contributed by atoms with Crippen molar-refractivity contribution in [3.63, 3.8) is 0 Å². The highest BCUT2D eigenvalue weighted by Crippen LogP contribution is 2.42. The Labute approximate surface area is 192 Å². The highest BCUT2D eigenvalue weighted by Gasteiger charge is 2.31. The van der Waals surface area contributed by atoms with E-state index in [9.17, 15) is 4.79 Å². The molecule has 5 rings (SSSR count). The van der Waals surface area contributed by atoms with E-state index < -0.39 is 0 Å². The van der Waals surface area contributed by atoms with Gasteiger partial charge in [0.2, 0.25) is 0 Å². The number of carbonyl (C=O) groups is 1. The number of aromatic nitrogens is 2. The van der Waals surface area contributed by atoms with Gasteiger partial charge in [0.1, 0.15) is 22.2 Å². The van der Waals surface area contributed by atoms with Gasteiger partial charge in [-0.3, -0.25) is 4.79 Å². The number of halogens is 1. The van der Waals surface area contributed by atoms with Crippen LogP contribution in [-0.2, 0) is 0 Å². The normalized spacial score (nSPS) is 16.4. The molecule has 0 spiro atoms. The number of nitrogens with zero attached hydrogens (tertiary/aromatic N) is 4. The number of fused-ring (bicyclic) bond motifs is 1. The molecular formula is C23H27ClN4O2S. The zero-order valence-electron chi connectivity index (χ0n) is 18.1. The minimum atomic E-state index is 0. The molecule has 0 bridgehead atoms. The summed E-state index contributed by atoms with van der Waals surface area (Å²) in [5.41, 5.74) is 1.98. The molecule has 0 unspecified atom stereocenters. The van der Waals surface area contributed by atoms with E-state index >= 15 is 0 Å². The molecule has 0 N–H and O–H groups in total. The predicted molar refractivity (Wildman–Crippen MR) is 127 cm³/mol. The van der Waals surface area contributed by atoms with Crippen LogP contribution in [0.25, 0.3) is 10.2 Å². The van der Waals surface area contributed by atoms with E-state index in [1.807, 2.05) is 29.2 Å². The highest BCUT2D eigenvalue weighted by molar-refractivity contribution is 7.18. The van der Waals surface area contributed by atoms with Crippen LogP contribution in [0.2, 0.25) is 0 Å². The smallest absolute Gasteiger partial charge is 0.253 e. The van der Waals surface area contributed by atoms with Crippen LogP contribution >= 0.6 is 23.7 Å². The van der Waals surface area contributed by atoms with E-state index in [1.54, 1.807) is 18.4 Å². The number of amides is 1. The van der Waals surface area contributed by atoms with E-state index in [-0.39, 0.29) is 18.3 Å². The number of methoxy groups -OCH3 is 1. The first kappa shape index (κ1) is 21.8. The molecule has 1 aromatic carbocycles. The van der Waals surface area contributed by atoms with Crippen molar-refractivity contribution in [2.75, 3.05) is 38.2 Å². The third-order valence-corrected chi connectivity index (χ3v) is 7.27. The van der Waals surface area contributed by atoms with Gasteiger partial charge < -0.3 is 14.5 Å². The minimum absolute atomic E-state index is 0. The molecule has 1 saturated heterocycles. The van der Waals surface area contributed by atoms with Crippen LogP contribution in [0.4, 0.5) is 5.82 Å². The van der Waals surface area contributed by atoms with Crippen LogP contribution < -0.4 is 9.64 Å². The molecule has 2 aromatic heterocycles. The molecule has 2 fully saturated rings. The molecule has 3 aromatic rings. The maximum absolute atomic E-state index is 12.9. The first-order chi connectivity index (χ1) is 14.5. The number of rotatable bonds is 4. The third-order valence-electron chi connectivity index (χ3n) is 6.17. The molecular weight excluding hydrogens is 432 g/mol. The average Bonchev–Trinajstić information content (AvgIpc) is 3.59. The Morgan fingerprint density at radius 3 is 2.35 bits per heavy atom. The summed E-state index contributed by atoms with van der Waals surface area (Å²) in [6.45, 7) is 7.28. The maximum Gasteiger partial charge on any atom is 0.253 e. The highest BCUT2D eigenvalue weighted by atomic mass is 35.5. The largest absolute Gasteiger partial charge is 0.497 e. The number of aryl methyl sites for hydroxylation is 2. The van der Waals surface area contributed by atoms with Gasteiger partial charge in [-0.25, -0.2) is 9.97 Å². The van der Waals surface area contributed by atoms with Crippen LogP contribution in [0.1, 0.15) is 45.4 Å². The lowest BCUT2D eigenvalue weighted by Gasteiger charge is -2.36. The Bertz CT molecular complexity index is 1100. The molecule has 1 aliphatic heterocycles. The monoisotopic (exact) mass is 458 g/mol. The number of piperazine rings is 1. The standard InChI is InChI=1S/C23H26N4O2S.ClH/c1-14-15(2)30-22-19(14)21(24-20(25-22)16-4-5-16)26-10-12-27(13-11-26)23(28)17-6-8-18(29-3)9-7-17;/h6-9,16H,4-5,10-13H2,1-3H3;1H. The Morgan fingerprint density at radius 1 is 1.06 bits per heavy atom. The zero-order chi connectivity index (χ0) is 20.8. The molecule has 6 nitrogen and oxygen atoms in total. The maximum atomic E-state index is 12.9. The van der Waals surface area contributed by atoms with Crippen molar-refractivity contribution < 1.29 is 9.53 Å². The second-order valence-corrected chi connectivity index (χ2v) is 9.35. The molecule has 1 amide bonds. The van der Waals surface area contributed by atoms with Gasteiger partial charge in [-0.05, 0) is 56.5 Å². The number of anilines is 1. The van der Waals surface area contributed by atoms with Gasteiger partial charge in [0, 0.05) is 42.5 Å². The Hall–Kier alpha value is -2.38. The van der Waals surface area contributed by atoms with Gasteiger partial charge in [0.25, 0.3) is 5.91 Å². The topological polar surface area (TPSA) is 58.6 Å². The van der Waals surface area contributed by atoms with Crippen molar-refractivity contribution in [3.05, 3.63) is 46.1 Å². The Balaban J connectivity index is 0.00000231. The fraction of sp³-hybridized carbons (Fsp3) is 0.435. The number of hydrogen-bond acceptors (Lipinski definition) is 6. The lowest BCUT2D eigenvalue weighted by molar-refractivity contribution is 0.0746. The zero-order valence-corrected chi connectivity index (χ0v) is 19.7. The van der Waals surface area contributed by atoms with Gasteiger partial charge in [0.05, 0.1) is 12.5 Å². The van der Waals surface area contributed by atoms with Gasteiger partial charge in [-0.2, -0.15) is 0 Å². The molecule has 164 valence electrons. The Morgan fingerprint density at radius 2 is 1.74 bits per heavy atom. The second kappa shape index (κ2) is 8.63. The summed E-state index contributed by atoms with van der Waals surface area (Å²) < 4.78 is 5.19. The lowest BCUT2D eigenvalue weighted by atomic mass is 10.1. The molecule has 0 radical (unpaired) electrons. The third kappa shape index (κ3) is 4.08. The summed E-state index contributed by atoms with van der Waals surface area (Å²) in [4.78, 5) is 29.5. The van der Waals surface area contributed by atoms with Crippen molar-refractivity contribution in [2.45, 2.75) is 32.6 Å². The van der Waals surface area contributed by atoms with E-state index in [4.69, 9.17) is 14.7 Å². The first-order valence-electron chi connectivity index (χ1n) is 10.5. The number of benzene rings is 1. The van der Waals surface area contributed by atoms with Gasteiger partial charge in [-0.15, -0.1) is 23.7 Å². The minimum Gasteiger partial charge on any atom is -0.497 e. The second-order valence-electron chi connectivity index (χ2n) is 8.15. The van der Waals surface area contributed by atoms with Crippen molar-refractivity contribution >= 4 is 45.7 Å². The fourth-order valence-corrected chi connectivity index (χ4v) is 5.07. The van der Waals surface area contributed by atoms with E-state index in [1.165, 1.54) is 28.7 Å². The fourth-order valence-electron chi connectivity index (χ4n) is 4.03. The van der Waals surface area contributed by atoms with Crippen molar-refractivity contribution in [1.29, 1.82) is 0 Å². The average molecular weight is 459 g/mol. The van der Waals surface area contributed by atoms with Crippen LogP contribution in [0.15, 0.2) is 24.3 Å². The molecule has 8 heteroatoms. The molecule has 2 aliphatic rings. The van der Waals surface area contributed by atoms with Crippen LogP contribution in [0, 0.1) is 13.8 Å². The van der Waals surface area contributed by atoms with Gasteiger partial charge >= 0.3 is 0 Å². The lowest BCUT2D eigenvalue weighted by Crippen LogP contribution is -2.49. The molecule has 31 heavy (non-hydrogen) atoms. The van der Waals surface area contributed by atoms with Crippen LogP contribution in [0.5, 0.6) is 5.75 Å². The molecule has 3 heterocycles. The number of carbonyl (C=O) groups excluding carboxylic acids is 1. The van der Waals surface area contributed by atoms with E-state index in [0.717, 1.165) is 35.3 Å². The summed E-state index contributed by atoms with van der Waals surface area (Å²) in [5.74, 6) is 3.41. The van der Waals surface area contributed by atoms with Crippen LogP contribution in [-0.4, -0.2) is 54.1 Å². The summed E-state index contributed by atoms with van der Waals surface area (Å²) >= 11 is 1.77. The molecule has 1 aliphatic carbocycles. The van der Waals surface area contributed by atoms with Gasteiger partial charge in [-0.1, -0.05) is 0 Å². The summed E-state index contributed by atoms with van der Waals surface area (Å²) in [6, 6.07) is 7.34. The first-order valence-corrected chi connectivity index (χ1v) is 11.3. The predicted octanol–water partition coefficient (Wildman–Crippen LogP) is 4.58. The summed E-state index contributed by atoms with van der Waals surface area (Å²) in [5, 5.41) is 1.19. The summed E-state index contributed by atoms with van der Waals surface area (Å²) in [6.07, 6.45) is 2.39. The van der Waals surface area contributed by atoms with Crippen molar-refractivity contribution in [1.82, 2.24) is 14.9 Å². The molecule has 1 saturated carbocycles. The SMILES string of the molecule is COc1ccc(C(=O)N2CCN(c3nc(C4CC4)nc4sc(C)c(C)c34)CC2)cc1.Cl. The van der Waals surface area contributed by atoms with E-state index in [2.05, 4.69) is 18.7 Å². The van der Waals surface area contributed by atoms with Crippen molar-refractivity contribution in [3.8, 4) is 5.75 Å². The Kier molecular flexibility index (Phi) is 6.08. The van der Waals surface area contributed by atoms with Crippen LogP contribution in [0.3, 0.4) is 0 Å². The number of hydrogen-bond donors (Lipinski definition) is 0. The number of thiophene rings is 1. The summed E-state index contributed by atoms with van der Waals surface area (Å²) in [7, 11) is 1.63. The molecule has 0 atom stereocenters. The quantitative estimate of drug-likeness (QED) is 0.572.